The summed E-state index contributed by atoms with van der Waals surface area (Å²) in [6.07, 6.45) is -5.37. The zero-order valence-corrected chi connectivity index (χ0v) is 5.71. The molecule has 0 spiro atoms. The first-order valence-corrected chi connectivity index (χ1v) is 3.23. The van der Waals surface area contributed by atoms with Crippen molar-refractivity contribution in [3.8, 4) is 0 Å². The molecule has 4 atom stereocenters. The van der Waals surface area contributed by atoms with Crippen LogP contribution in [0, 0.1) is 6.58 Å². The van der Waals surface area contributed by atoms with Gasteiger partial charge in [0.25, 0.3) is 0 Å². The number of aliphatic hydroxyl groups excluding tert-OH is 4. The topological polar surface area (TPSA) is 90.2 Å². The van der Waals surface area contributed by atoms with Gasteiger partial charge >= 0.3 is 0 Å². The van der Waals surface area contributed by atoms with Gasteiger partial charge < -0.3 is 25.2 Å². The lowest BCUT2D eigenvalue weighted by Gasteiger charge is -2.33. The molecule has 4 N–H and O–H groups in total. The fourth-order valence-electron chi connectivity index (χ4n) is 0.848. The summed E-state index contributed by atoms with van der Waals surface area (Å²) in [6.45, 7) is -1.04. The van der Waals surface area contributed by atoms with Gasteiger partial charge in [0.2, 0.25) is 0 Å². The Labute approximate surface area is 65.3 Å². The van der Waals surface area contributed by atoms with Gasteiger partial charge in [0.05, 0.1) is 7.98 Å². The number of hydrogen-bond acceptors (Lipinski definition) is 5. The van der Waals surface area contributed by atoms with E-state index in [-0.39, 0.29) is 0 Å². The molecule has 5 nitrogen and oxygen atoms in total. The van der Waals surface area contributed by atoms with Crippen molar-refractivity contribution < 1.29 is 26.5 Å². The molecule has 1 rings (SSSR count). The molecule has 0 amide bonds. The van der Waals surface area contributed by atoms with Gasteiger partial charge in [-0.25, -0.2) is 0 Å². The number of rotatable bonds is 1. The Hall–Kier alpha value is -0.200. The average Bonchev–Trinajstić information content (AvgIpc) is 2.08. The van der Waals surface area contributed by atoms with Crippen molar-refractivity contribution in [2.45, 2.75) is 24.4 Å². The summed E-state index contributed by atoms with van der Waals surface area (Å²) < 4.78 is 11.6. The molecular weight excluding hydrogens is 152 g/mol. The minimum atomic E-state index is -1.51. The van der Waals surface area contributed by atoms with E-state index in [1.54, 1.807) is 0 Å². The van der Waals surface area contributed by atoms with Crippen molar-refractivity contribution in [2.24, 2.45) is 0 Å². The van der Waals surface area contributed by atoms with Crippen LogP contribution in [0.15, 0.2) is 0 Å². The molecule has 0 aliphatic carbocycles. The van der Waals surface area contributed by atoms with Crippen molar-refractivity contribution >= 4 is 0 Å². The van der Waals surface area contributed by atoms with Crippen LogP contribution in [0.1, 0.15) is 1.37 Å². The molecule has 11 heavy (non-hydrogen) atoms. The maximum Gasteiger partial charge on any atom is 0.115 e. The molecule has 1 aliphatic heterocycles. The number of hydrogen-bond donors (Lipinski definition) is 4. The molecule has 1 aliphatic rings. The minimum Gasteiger partial charge on any atom is -0.394 e. The zero-order chi connectivity index (χ0) is 9.30. The summed E-state index contributed by atoms with van der Waals surface area (Å²) in [5.41, 5.74) is 0. The predicted molar refractivity (Wildman–Crippen MR) is 34.3 cm³/mol. The minimum absolute atomic E-state index is 0.507. The Kier molecular flexibility index (Phi) is 2.35. The first-order valence-electron chi connectivity index (χ1n) is 3.73. The van der Waals surface area contributed by atoms with E-state index in [1.807, 2.05) is 0 Å². The zero-order valence-electron chi connectivity index (χ0n) is 6.71. The highest BCUT2D eigenvalue weighted by molar-refractivity contribution is 4.91. The molecule has 0 aromatic carbocycles. The Bertz CT molecular complexity index is 150. The monoisotopic (exact) mass is 164 g/mol. The van der Waals surface area contributed by atoms with Crippen LogP contribution in [0.25, 0.3) is 0 Å². The van der Waals surface area contributed by atoms with Gasteiger partial charge in [-0.3, -0.25) is 0 Å². The SMILES string of the molecule is [2H][C]1O[C@H](CO)[C@@H](O)[C@H](O)[C@H]1O. The molecule has 1 saturated heterocycles. The van der Waals surface area contributed by atoms with Gasteiger partial charge in [-0.05, 0) is 0 Å². The molecule has 0 aromatic rings. The normalized spacial score (nSPS) is 48.9. The van der Waals surface area contributed by atoms with E-state index in [2.05, 4.69) is 4.74 Å². The molecular formula is C6H11O5. The van der Waals surface area contributed by atoms with Gasteiger partial charge in [-0.2, -0.15) is 0 Å². The van der Waals surface area contributed by atoms with Gasteiger partial charge in [0.1, 0.15) is 31.0 Å². The third-order valence-corrected chi connectivity index (χ3v) is 1.57. The van der Waals surface area contributed by atoms with Crippen LogP contribution >= 0.6 is 0 Å². The Balaban J connectivity index is 2.63. The maximum atomic E-state index is 9.13. The quantitative estimate of drug-likeness (QED) is 0.347. The number of aliphatic hydroxyl groups is 4. The highest BCUT2D eigenvalue weighted by atomic mass is 16.5. The summed E-state index contributed by atoms with van der Waals surface area (Å²) in [5.74, 6) is 0. The smallest absolute Gasteiger partial charge is 0.115 e. The molecule has 0 aromatic heterocycles. The third kappa shape index (κ3) is 1.69. The van der Waals surface area contributed by atoms with E-state index in [0.29, 0.717) is 0 Å². The van der Waals surface area contributed by atoms with Crippen LogP contribution in [0.5, 0.6) is 0 Å². The second kappa shape index (κ2) is 3.46. The van der Waals surface area contributed by atoms with Gasteiger partial charge in [-0.1, -0.05) is 0 Å². The number of ether oxygens (including phenoxy) is 1. The third-order valence-electron chi connectivity index (χ3n) is 1.57. The van der Waals surface area contributed by atoms with Crippen molar-refractivity contribution in [2.75, 3.05) is 6.61 Å². The van der Waals surface area contributed by atoms with Crippen LogP contribution in [0.2, 0.25) is 0 Å². The fraction of sp³-hybridized carbons (Fsp3) is 0.833. The standard InChI is InChI=1S/C6H11O5/c7-1-4-6(10)5(9)3(8)2-11-4/h2-10H,1H2/t3-,4+,5+,6+/m0/s1/i2D. The highest BCUT2D eigenvalue weighted by Gasteiger charge is 2.37. The molecule has 5 heteroatoms. The average molecular weight is 164 g/mol. The lowest BCUT2D eigenvalue weighted by molar-refractivity contribution is -0.169. The molecule has 1 fully saturated rings. The largest absolute Gasteiger partial charge is 0.394 e. The molecule has 1 heterocycles. The highest BCUT2D eigenvalue weighted by Crippen LogP contribution is 2.17. The van der Waals surface area contributed by atoms with E-state index in [9.17, 15) is 0 Å². The van der Waals surface area contributed by atoms with Gasteiger partial charge in [0, 0.05) is 0 Å². The lowest BCUT2D eigenvalue weighted by Crippen LogP contribution is -2.52. The van der Waals surface area contributed by atoms with Gasteiger partial charge in [0.15, 0.2) is 0 Å². The van der Waals surface area contributed by atoms with E-state index >= 15 is 0 Å². The molecule has 0 saturated carbocycles. The molecule has 0 bridgehead atoms. The van der Waals surface area contributed by atoms with E-state index in [1.165, 1.54) is 0 Å². The molecule has 0 unspecified atom stereocenters. The van der Waals surface area contributed by atoms with Crippen LogP contribution in [-0.2, 0) is 4.74 Å². The summed E-state index contributed by atoms with van der Waals surface area (Å²) in [7, 11) is 0. The summed E-state index contributed by atoms with van der Waals surface area (Å²) in [4.78, 5) is 0. The predicted octanol–water partition coefficient (Wildman–Crippen LogP) is -2.38. The van der Waals surface area contributed by atoms with Crippen molar-refractivity contribution in [3.05, 3.63) is 6.58 Å². The van der Waals surface area contributed by atoms with Crippen LogP contribution in [0.3, 0.4) is 0 Å². The Morgan fingerprint density at radius 2 is 2.00 bits per heavy atom. The Morgan fingerprint density at radius 1 is 1.36 bits per heavy atom. The summed E-state index contributed by atoms with van der Waals surface area (Å²) in [5, 5.41) is 35.8. The molecule has 65 valence electrons. The van der Waals surface area contributed by atoms with Gasteiger partial charge in [-0.15, -0.1) is 0 Å². The fourth-order valence-corrected chi connectivity index (χ4v) is 0.848. The van der Waals surface area contributed by atoms with E-state index < -0.39 is 37.6 Å². The van der Waals surface area contributed by atoms with Crippen molar-refractivity contribution in [3.63, 3.8) is 0 Å². The van der Waals surface area contributed by atoms with E-state index in [0.717, 1.165) is 0 Å². The van der Waals surface area contributed by atoms with E-state index in [4.69, 9.17) is 21.8 Å². The van der Waals surface area contributed by atoms with Crippen LogP contribution in [0.4, 0.5) is 0 Å². The summed E-state index contributed by atoms with van der Waals surface area (Å²) >= 11 is 0. The second-order valence-electron chi connectivity index (χ2n) is 2.38. The lowest BCUT2D eigenvalue weighted by atomic mass is 10.0. The first-order chi connectivity index (χ1) is 5.57. The second-order valence-corrected chi connectivity index (χ2v) is 2.38. The first kappa shape index (κ1) is 7.45. The van der Waals surface area contributed by atoms with Crippen molar-refractivity contribution in [1.29, 1.82) is 0 Å². The summed E-state index contributed by atoms with van der Waals surface area (Å²) in [6, 6.07) is 0. The maximum absolute atomic E-state index is 9.13. The molecule has 1 radical (unpaired) electrons. The van der Waals surface area contributed by atoms with Crippen LogP contribution in [-0.4, -0.2) is 51.4 Å². The Morgan fingerprint density at radius 3 is 2.55 bits per heavy atom. The van der Waals surface area contributed by atoms with Crippen LogP contribution < -0.4 is 0 Å². The van der Waals surface area contributed by atoms with Crippen molar-refractivity contribution in [1.82, 2.24) is 0 Å².